The van der Waals surface area contributed by atoms with E-state index in [1.165, 1.54) is 4.90 Å². The minimum Gasteiger partial charge on any atom is -0.507 e. The molecule has 1 N–H and O–H groups in total. The Morgan fingerprint density at radius 3 is 2.29 bits per heavy atom. The molecule has 1 aliphatic heterocycles. The number of halogens is 1. The maximum Gasteiger partial charge on any atom is 0.300 e. The lowest BCUT2D eigenvalue weighted by molar-refractivity contribution is -0.132. The third-order valence-electron chi connectivity index (χ3n) is 6.67. The number of hydrogen-bond acceptors (Lipinski definition) is 5. The van der Waals surface area contributed by atoms with Crippen molar-refractivity contribution in [3.63, 3.8) is 0 Å². The van der Waals surface area contributed by atoms with Crippen molar-refractivity contribution in [2.24, 2.45) is 0 Å². The van der Waals surface area contributed by atoms with Crippen molar-refractivity contribution in [2.45, 2.75) is 46.1 Å². The van der Waals surface area contributed by atoms with Crippen molar-refractivity contribution in [3.8, 4) is 11.5 Å². The van der Waals surface area contributed by atoms with Crippen LogP contribution in [0.3, 0.4) is 0 Å². The molecule has 1 unspecified atom stereocenters. The number of carbonyl (C=O) groups excluding carboxylic acids is 2. The van der Waals surface area contributed by atoms with Crippen LogP contribution in [0.4, 0.5) is 5.69 Å². The summed E-state index contributed by atoms with van der Waals surface area (Å²) in [5.41, 5.74) is 2.97. The summed E-state index contributed by atoms with van der Waals surface area (Å²) in [7, 11) is 1.56. The average molecular weight is 534 g/mol. The van der Waals surface area contributed by atoms with E-state index in [1.54, 1.807) is 61.7 Å². The fourth-order valence-corrected chi connectivity index (χ4v) is 4.81. The van der Waals surface area contributed by atoms with Gasteiger partial charge in [0.25, 0.3) is 11.7 Å². The van der Waals surface area contributed by atoms with Gasteiger partial charge in [-0.1, -0.05) is 50.6 Å². The fourth-order valence-electron chi connectivity index (χ4n) is 4.63. The number of aliphatic hydroxyl groups excluding tert-OH is 1. The van der Waals surface area contributed by atoms with Crippen LogP contribution in [0.15, 0.2) is 66.2 Å². The highest BCUT2D eigenvalue weighted by molar-refractivity contribution is 6.51. The molecule has 0 saturated carbocycles. The van der Waals surface area contributed by atoms with Crippen LogP contribution in [0.2, 0.25) is 5.02 Å². The van der Waals surface area contributed by atoms with E-state index in [0.717, 1.165) is 11.1 Å². The number of anilines is 1. The second-order valence-electron chi connectivity index (χ2n) is 10.3. The third-order valence-corrected chi connectivity index (χ3v) is 7.08. The Balaban J connectivity index is 1.95. The minimum absolute atomic E-state index is 0.000818. The van der Waals surface area contributed by atoms with Crippen LogP contribution in [-0.2, 0) is 15.0 Å². The Morgan fingerprint density at radius 2 is 1.71 bits per heavy atom. The van der Waals surface area contributed by atoms with Crippen molar-refractivity contribution in [3.05, 3.63) is 93.5 Å². The number of nitrogens with zero attached hydrogens (tertiary/aromatic N) is 1. The first-order chi connectivity index (χ1) is 18.0. The Labute approximate surface area is 228 Å². The molecular weight excluding hydrogens is 502 g/mol. The van der Waals surface area contributed by atoms with Crippen molar-refractivity contribution in [1.29, 1.82) is 0 Å². The molecule has 1 aliphatic rings. The molecule has 0 aromatic heterocycles. The molecule has 1 fully saturated rings. The highest BCUT2D eigenvalue weighted by atomic mass is 35.5. The van der Waals surface area contributed by atoms with E-state index in [4.69, 9.17) is 21.1 Å². The maximum absolute atomic E-state index is 13.5. The van der Waals surface area contributed by atoms with Crippen LogP contribution in [-0.4, -0.2) is 30.5 Å². The second kappa shape index (κ2) is 10.5. The van der Waals surface area contributed by atoms with Gasteiger partial charge >= 0.3 is 0 Å². The predicted molar refractivity (Wildman–Crippen MR) is 150 cm³/mol. The van der Waals surface area contributed by atoms with E-state index in [-0.39, 0.29) is 16.7 Å². The Hall–Kier alpha value is -3.77. The van der Waals surface area contributed by atoms with Gasteiger partial charge in [0.05, 0.1) is 25.3 Å². The molecule has 38 heavy (non-hydrogen) atoms. The predicted octanol–water partition coefficient (Wildman–Crippen LogP) is 6.98. The van der Waals surface area contributed by atoms with Crippen LogP contribution in [0.1, 0.15) is 56.0 Å². The quantitative estimate of drug-likeness (QED) is 0.210. The summed E-state index contributed by atoms with van der Waals surface area (Å²) >= 11 is 6.39. The average Bonchev–Trinajstić information content (AvgIpc) is 3.15. The van der Waals surface area contributed by atoms with Crippen LogP contribution in [0, 0.1) is 6.92 Å². The molecule has 3 aromatic carbocycles. The number of hydrogen-bond donors (Lipinski definition) is 1. The van der Waals surface area contributed by atoms with E-state index < -0.39 is 17.7 Å². The van der Waals surface area contributed by atoms with E-state index >= 15 is 0 Å². The van der Waals surface area contributed by atoms with Gasteiger partial charge in [-0.15, -0.1) is 0 Å². The molecule has 1 heterocycles. The second-order valence-corrected chi connectivity index (χ2v) is 10.7. The highest BCUT2D eigenvalue weighted by Crippen LogP contribution is 2.44. The molecule has 0 spiro atoms. The van der Waals surface area contributed by atoms with Crippen LogP contribution in [0.25, 0.3) is 5.76 Å². The summed E-state index contributed by atoms with van der Waals surface area (Å²) in [5, 5.41) is 12.1. The molecule has 0 radical (unpaired) electrons. The van der Waals surface area contributed by atoms with Gasteiger partial charge in [-0.25, -0.2) is 0 Å². The topological polar surface area (TPSA) is 76.1 Å². The molecule has 3 aromatic rings. The molecule has 1 saturated heterocycles. The number of Topliss-reactive ketones (excluding diaryl/α,β-unsaturated/α-hetero) is 1. The number of aryl methyl sites for hydroxylation is 1. The molecular formula is C31H32ClNO5. The first-order valence-electron chi connectivity index (χ1n) is 12.5. The summed E-state index contributed by atoms with van der Waals surface area (Å²) in [5.74, 6) is -0.428. The number of methoxy groups -OCH3 is 1. The summed E-state index contributed by atoms with van der Waals surface area (Å²) in [6.45, 7) is 10.4. The molecule has 7 heteroatoms. The van der Waals surface area contributed by atoms with Crippen molar-refractivity contribution in [2.75, 3.05) is 18.6 Å². The zero-order valence-electron chi connectivity index (χ0n) is 22.5. The van der Waals surface area contributed by atoms with Crippen molar-refractivity contribution in [1.82, 2.24) is 0 Å². The minimum atomic E-state index is -0.871. The Kier molecular flexibility index (Phi) is 7.56. The molecule has 6 nitrogen and oxygen atoms in total. The van der Waals surface area contributed by atoms with E-state index in [1.807, 2.05) is 40.7 Å². The van der Waals surface area contributed by atoms with Gasteiger partial charge in [0.15, 0.2) is 0 Å². The number of carbonyl (C=O) groups is 2. The van der Waals surface area contributed by atoms with Crippen molar-refractivity contribution >= 4 is 34.7 Å². The van der Waals surface area contributed by atoms with E-state index in [0.29, 0.717) is 39.9 Å². The molecule has 0 aliphatic carbocycles. The molecule has 198 valence electrons. The number of ketones is 1. The standard InChI is InChI=1S/C31H32ClNO5/c1-7-38-25-15-11-20(16-23(25)31(3,4)5)28(34)26-27(19-9-13-22(37-6)14-10-19)33(30(36)29(26)35)21-12-8-18(2)24(32)17-21/h8-17,27,34H,7H2,1-6H3/b28-26-. The van der Waals surface area contributed by atoms with Crippen LogP contribution < -0.4 is 14.4 Å². The SMILES string of the molecule is CCOc1ccc(/C(O)=C2/C(=O)C(=O)N(c3ccc(C)c(Cl)c3)C2c2ccc(OC)cc2)cc1C(C)(C)C. The lowest BCUT2D eigenvalue weighted by Crippen LogP contribution is -2.29. The summed E-state index contributed by atoms with van der Waals surface area (Å²) < 4.78 is 11.1. The number of amides is 1. The van der Waals surface area contributed by atoms with Gasteiger partial charge in [-0.05, 0) is 72.9 Å². The van der Waals surface area contributed by atoms with Gasteiger partial charge in [-0.2, -0.15) is 0 Å². The Bertz CT molecular complexity index is 1420. The van der Waals surface area contributed by atoms with E-state index in [2.05, 4.69) is 0 Å². The fraction of sp³-hybridized carbons (Fsp3) is 0.290. The van der Waals surface area contributed by atoms with Gasteiger partial charge in [-0.3, -0.25) is 14.5 Å². The maximum atomic E-state index is 13.5. The van der Waals surface area contributed by atoms with Crippen LogP contribution >= 0.6 is 11.6 Å². The van der Waals surface area contributed by atoms with Gasteiger partial charge < -0.3 is 14.6 Å². The normalized spacial score (nSPS) is 17.1. The van der Waals surface area contributed by atoms with Gasteiger partial charge in [0, 0.05) is 21.8 Å². The molecule has 1 atom stereocenters. The zero-order valence-corrected chi connectivity index (χ0v) is 23.2. The smallest absolute Gasteiger partial charge is 0.300 e. The zero-order chi connectivity index (χ0) is 27.8. The molecule has 1 amide bonds. The summed E-state index contributed by atoms with van der Waals surface area (Å²) in [6, 6.07) is 16.7. The molecule has 4 rings (SSSR count). The van der Waals surface area contributed by atoms with E-state index in [9.17, 15) is 14.7 Å². The number of benzene rings is 3. The third kappa shape index (κ3) is 5.01. The lowest BCUT2D eigenvalue weighted by atomic mass is 9.84. The first-order valence-corrected chi connectivity index (χ1v) is 12.8. The van der Waals surface area contributed by atoms with Gasteiger partial charge in [0.1, 0.15) is 17.3 Å². The van der Waals surface area contributed by atoms with Crippen molar-refractivity contribution < 1.29 is 24.2 Å². The largest absolute Gasteiger partial charge is 0.507 e. The van der Waals surface area contributed by atoms with Gasteiger partial charge in [0.2, 0.25) is 0 Å². The number of aliphatic hydroxyl groups is 1. The molecule has 0 bridgehead atoms. The van der Waals surface area contributed by atoms with Crippen LogP contribution in [0.5, 0.6) is 11.5 Å². The highest BCUT2D eigenvalue weighted by Gasteiger charge is 2.47. The number of rotatable bonds is 6. The summed E-state index contributed by atoms with van der Waals surface area (Å²) in [4.78, 5) is 28.4. The first kappa shape index (κ1) is 27.3. The monoisotopic (exact) mass is 533 g/mol. The summed E-state index contributed by atoms with van der Waals surface area (Å²) in [6.07, 6.45) is 0. The lowest BCUT2D eigenvalue weighted by Gasteiger charge is -2.26. The number of ether oxygens (including phenoxy) is 2. The Morgan fingerprint density at radius 1 is 1.03 bits per heavy atom.